The number of hydrogen-bond acceptors (Lipinski definition) is 2. The van der Waals surface area contributed by atoms with Gasteiger partial charge >= 0.3 is 0 Å². The lowest BCUT2D eigenvalue weighted by Gasteiger charge is -2.10. The Hall–Kier alpha value is -3.25. The van der Waals surface area contributed by atoms with E-state index in [9.17, 15) is 13.6 Å². The van der Waals surface area contributed by atoms with E-state index < -0.39 is 17.5 Å². The molecule has 27 heavy (non-hydrogen) atoms. The van der Waals surface area contributed by atoms with Gasteiger partial charge in [-0.1, -0.05) is 35.9 Å². The van der Waals surface area contributed by atoms with E-state index in [4.69, 9.17) is 11.6 Å². The van der Waals surface area contributed by atoms with E-state index in [1.54, 1.807) is 18.2 Å². The lowest BCUT2D eigenvalue weighted by atomic mass is 10.1. The minimum absolute atomic E-state index is 0.157. The molecule has 0 bridgehead atoms. The number of aromatic nitrogens is 2. The van der Waals surface area contributed by atoms with Crippen LogP contribution < -0.4 is 5.32 Å². The Bertz CT molecular complexity index is 1140. The van der Waals surface area contributed by atoms with Crippen LogP contribution in [-0.2, 0) is 0 Å². The normalized spacial score (nSPS) is 10.9. The van der Waals surface area contributed by atoms with E-state index in [1.807, 2.05) is 30.3 Å². The fourth-order valence-corrected chi connectivity index (χ4v) is 3.00. The highest BCUT2D eigenvalue weighted by Gasteiger charge is 2.17. The van der Waals surface area contributed by atoms with Gasteiger partial charge in [0.2, 0.25) is 0 Å². The van der Waals surface area contributed by atoms with Crippen molar-refractivity contribution in [2.24, 2.45) is 0 Å². The van der Waals surface area contributed by atoms with Gasteiger partial charge in [-0.3, -0.25) is 4.79 Å². The average molecular weight is 384 g/mol. The second-order valence-electron chi connectivity index (χ2n) is 5.85. The summed E-state index contributed by atoms with van der Waals surface area (Å²) in [6.45, 7) is 0. The van der Waals surface area contributed by atoms with Gasteiger partial charge in [0.15, 0.2) is 11.6 Å². The topological polar surface area (TPSA) is 57.8 Å². The molecule has 1 heterocycles. The number of benzene rings is 3. The van der Waals surface area contributed by atoms with Gasteiger partial charge in [0.25, 0.3) is 5.91 Å². The zero-order valence-electron chi connectivity index (χ0n) is 13.8. The number of carbonyl (C=O) groups is 1. The molecule has 4 aromatic rings. The summed E-state index contributed by atoms with van der Waals surface area (Å²) in [5.41, 5.74) is 2.60. The molecule has 0 unspecified atom stereocenters. The Morgan fingerprint density at radius 1 is 1.00 bits per heavy atom. The van der Waals surface area contributed by atoms with Gasteiger partial charge in [-0.25, -0.2) is 13.8 Å². The van der Waals surface area contributed by atoms with Crippen LogP contribution in [0.25, 0.3) is 22.4 Å². The number of imidazole rings is 1. The molecule has 0 saturated carbocycles. The molecule has 3 aromatic carbocycles. The number of fused-ring (bicyclic) bond motifs is 1. The smallest absolute Gasteiger partial charge is 0.257 e. The van der Waals surface area contributed by atoms with Gasteiger partial charge in [-0.2, -0.15) is 0 Å². The SMILES string of the molecule is O=C(Nc1ccccc1-c1nc2ccccc2[nH]1)c1cc(F)c(F)cc1Cl. The van der Waals surface area contributed by atoms with Crippen molar-refractivity contribution in [2.75, 3.05) is 5.32 Å². The summed E-state index contributed by atoms with van der Waals surface area (Å²) in [6, 6.07) is 16.1. The van der Waals surface area contributed by atoms with Crippen LogP contribution in [0.5, 0.6) is 0 Å². The third-order valence-corrected chi connectivity index (χ3v) is 4.39. The Morgan fingerprint density at radius 2 is 1.70 bits per heavy atom. The van der Waals surface area contributed by atoms with Crippen LogP contribution in [0.1, 0.15) is 10.4 Å². The molecular formula is C20H12ClF2N3O. The lowest BCUT2D eigenvalue weighted by Crippen LogP contribution is -2.14. The molecule has 0 aliphatic rings. The van der Waals surface area contributed by atoms with Crippen molar-refractivity contribution in [2.45, 2.75) is 0 Å². The highest BCUT2D eigenvalue weighted by Crippen LogP contribution is 2.29. The molecule has 1 aromatic heterocycles. The standard InChI is InChI=1S/C20H12ClF2N3O/c21-13-10-15(23)14(22)9-12(13)20(27)26-16-6-2-1-5-11(16)19-24-17-7-3-4-8-18(17)25-19/h1-10H,(H,24,25)(H,26,27). The highest BCUT2D eigenvalue weighted by atomic mass is 35.5. The Morgan fingerprint density at radius 3 is 2.52 bits per heavy atom. The van der Waals surface area contributed by atoms with Crippen LogP contribution in [0.15, 0.2) is 60.7 Å². The van der Waals surface area contributed by atoms with Crippen LogP contribution in [0.3, 0.4) is 0 Å². The van der Waals surface area contributed by atoms with Crippen molar-refractivity contribution in [3.8, 4) is 11.4 Å². The van der Waals surface area contributed by atoms with Crippen LogP contribution in [0.2, 0.25) is 5.02 Å². The number of anilines is 1. The van der Waals surface area contributed by atoms with Gasteiger partial charge in [0.1, 0.15) is 5.82 Å². The Balaban J connectivity index is 1.71. The molecule has 0 spiro atoms. The summed E-state index contributed by atoms with van der Waals surface area (Å²) in [5.74, 6) is -2.33. The molecule has 4 nitrogen and oxygen atoms in total. The number of hydrogen-bond donors (Lipinski definition) is 2. The summed E-state index contributed by atoms with van der Waals surface area (Å²) in [5, 5.41) is 2.51. The van der Waals surface area contributed by atoms with Crippen molar-refractivity contribution in [1.82, 2.24) is 9.97 Å². The van der Waals surface area contributed by atoms with E-state index in [0.29, 0.717) is 17.1 Å². The van der Waals surface area contributed by atoms with Gasteiger partial charge in [-0.05, 0) is 36.4 Å². The molecule has 0 saturated heterocycles. The molecule has 134 valence electrons. The second-order valence-corrected chi connectivity index (χ2v) is 6.26. The first-order valence-electron chi connectivity index (χ1n) is 8.03. The molecular weight excluding hydrogens is 372 g/mol. The van der Waals surface area contributed by atoms with Crippen LogP contribution in [0.4, 0.5) is 14.5 Å². The summed E-state index contributed by atoms with van der Waals surface area (Å²) in [7, 11) is 0. The minimum Gasteiger partial charge on any atom is -0.338 e. The van der Waals surface area contributed by atoms with Crippen LogP contribution in [0, 0.1) is 11.6 Å². The van der Waals surface area contributed by atoms with Crippen molar-refractivity contribution in [3.05, 3.63) is 82.9 Å². The maximum Gasteiger partial charge on any atom is 0.257 e. The first kappa shape index (κ1) is 17.2. The van der Waals surface area contributed by atoms with E-state index in [0.717, 1.165) is 23.2 Å². The third kappa shape index (κ3) is 3.27. The summed E-state index contributed by atoms with van der Waals surface area (Å²) in [6.07, 6.45) is 0. The fourth-order valence-electron chi connectivity index (χ4n) is 2.77. The van der Waals surface area contributed by atoms with Gasteiger partial charge in [0.05, 0.1) is 27.3 Å². The lowest BCUT2D eigenvalue weighted by molar-refractivity contribution is 0.102. The molecule has 2 N–H and O–H groups in total. The van der Waals surface area contributed by atoms with Crippen molar-refractivity contribution in [3.63, 3.8) is 0 Å². The molecule has 0 fully saturated rings. The van der Waals surface area contributed by atoms with Gasteiger partial charge in [-0.15, -0.1) is 0 Å². The highest BCUT2D eigenvalue weighted by molar-refractivity contribution is 6.34. The van der Waals surface area contributed by atoms with Crippen LogP contribution in [-0.4, -0.2) is 15.9 Å². The number of para-hydroxylation sites is 3. The zero-order valence-corrected chi connectivity index (χ0v) is 14.5. The van der Waals surface area contributed by atoms with Gasteiger partial charge < -0.3 is 10.3 Å². The number of nitrogens with one attached hydrogen (secondary N) is 2. The first-order valence-corrected chi connectivity index (χ1v) is 8.41. The second kappa shape index (κ2) is 6.81. The zero-order chi connectivity index (χ0) is 19.0. The summed E-state index contributed by atoms with van der Waals surface area (Å²) in [4.78, 5) is 20.3. The maximum absolute atomic E-state index is 13.5. The monoisotopic (exact) mass is 383 g/mol. The largest absolute Gasteiger partial charge is 0.338 e. The van der Waals surface area contributed by atoms with Crippen LogP contribution >= 0.6 is 11.6 Å². The summed E-state index contributed by atoms with van der Waals surface area (Å²) < 4.78 is 26.7. The number of aromatic amines is 1. The van der Waals surface area contributed by atoms with E-state index >= 15 is 0 Å². The third-order valence-electron chi connectivity index (χ3n) is 4.07. The summed E-state index contributed by atoms with van der Waals surface area (Å²) >= 11 is 5.89. The quantitative estimate of drug-likeness (QED) is 0.464. The van der Waals surface area contributed by atoms with E-state index in [-0.39, 0.29) is 10.6 Å². The number of rotatable bonds is 3. The Kier molecular flexibility index (Phi) is 4.33. The Labute approximate surface area is 157 Å². The maximum atomic E-state index is 13.5. The fraction of sp³-hybridized carbons (Fsp3) is 0. The number of amides is 1. The molecule has 0 aliphatic heterocycles. The van der Waals surface area contributed by atoms with Crippen molar-refractivity contribution >= 4 is 34.2 Å². The van der Waals surface area contributed by atoms with Crippen molar-refractivity contribution in [1.29, 1.82) is 0 Å². The number of halogens is 3. The van der Waals surface area contributed by atoms with Gasteiger partial charge in [0, 0.05) is 5.56 Å². The molecule has 1 amide bonds. The number of H-pyrrole nitrogens is 1. The predicted molar refractivity (Wildman–Crippen MR) is 101 cm³/mol. The molecule has 0 radical (unpaired) electrons. The number of nitrogens with zero attached hydrogens (tertiary/aromatic N) is 1. The number of carbonyl (C=O) groups excluding carboxylic acids is 1. The predicted octanol–water partition coefficient (Wildman–Crippen LogP) is 5.41. The molecule has 0 aliphatic carbocycles. The molecule has 4 rings (SSSR count). The van der Waals surface area contributed by atoms with E-state index in [1.165, 1.54) is 0 Å². The average Bonchev–Trinajstić information content (AvgIpc) is 3.09. The van der Waals surface area contributed by atoms with Crippen molar-refractivity contribution < 1.29 is 13.6 Å². The first-order chi connectivity index (χ1) is 13.0. The molecule has 7 heteroatoms. The minimum atomic E-state index is -1.14. The molecule has 0 atom stereocenters. The van der Waals surface area contributed by atoms with E-state index in [2.05, 4.69) is 15.3 Å².